The van der Waals surface area contributed by atoms with Crippen LogP contribution in [0.15, 0.2) is 18.2 Å². The van der Waals surface area contributed by atoms with Gasteiger partial charge >= 0.3 is 0 Å². The van der Waals surface area contributed by atoms with Crippen LogP contribution in [0.2, 0.25) is 0 Å². The van der Waals surface area contributed by atoms with Gasteiger partial charge in [-0.05, 0) is 31.9 Å². The highest BCUT2D eigenvalue weighted by molar-refractivity contribution is 5.97. The molecular formula is C13H17FN2O2. The smallest absolute Gasteiger partial charge is 0.257 e. The van der Waals surface area contributed by atoms with Gasteiger partial charge in [0.25, 0.3) is 5.91 Å². The molecule has 0 spiro atoms. The van der Waals surface area contributed by atoms with Crippen molar-refractivity contribution in [2.24, 2.45) is 5.73 Å². The standard InChI is InChI=1S/C13H17FN2O2/c1-8-6-10(15)4-5-16(8)13(18)11-3-2-9(14)7-12(11)17/h2-3,7-8,10,17H,4-6,15H2,1H3. The third kappa shape index (κ3) is 2.46. The lowest BCUT2D eigenvalue weighted by molar-refractivity contribution is 0.0616. The minimum absolute atomic E-state index is 0.0331. The average Bonchev–Trinajstić information content (AvgIpc) is 2.28. The molecule has 5 heteroatoms. The number of phenolic OH excluding ortho intramolecular Hbond substituents is 1. The Morgan fingerprint density at radius 1 is 1.56 bits per heavy atom. The first-order valence-corrected chi connectivity index (χ1v) is 6.04. The minimum Gasteiger partial charge on any atom is -0.507 e. The molecule has 1 aromatic carbocycles. The number of amides is 1. The number of hydrogen-bond donors (Lipinski definition) is 2. The molecular weight excluding hydrogens is 235 g/mol. The maximum Gasteiger partial charge on any atom is 0.257 e. The number of nitrogens with zero attached hydrogens (tertiary/aromatic N) is 1. The zero-order valence-corrected chi connectivity index (χ0v) is 10.3. The number of carbonyl (C=O) groups is 1. The maximum absolute atomic E-state index is 12.9. The minimum atomic E-state index is -0.558. The Kier molecular flexibility index (Phi) is 3.52. The summed E-state index contributed by atoms with van der Waals surface area (Å²) >= 11 is 0. The normalized spacial score (nSPS) is 24.1. The summed E-state index contributed by atoms with van der Waals surface area (Å²) in [5.74, 6) is -1.15. The summed E-state index contributed by atoms with van der Waals surface area (Å²) in [4.78, 5) is 13.9. The van der Waals surface area contributed by atoms with Crippen LogP contribution < -0.4 is 5.73 Å². The van der Waals surface area contributed by atoms with Crippen LogP contribution in [0.4, 0.5) is 4.39 Å². The topological polar surface area (TPSA) is 66.6 Å². The van der Waals surface area contributed by atoms with Crippen molar-refractivity contribution in [3.63, 3.8) is 0 Å². The van der Waals surface area contributed by atoms with Gasteiger partial charge in [-0.2, -0.15) is 0 Å². The zero-order valence-electron chi connectivity index (χ0n) is 10.3. The van der Waals surface area contributed by atoms with E-state index >= 15 is 0 Å². The molecule has 4 nitrogen and oxygen atoms in total. The van der Waals surface area contributed by atoms with Crippen LogP contribution in [0, 0.1) is 5.82 Å². The molecule has 1 amide bonds. The molecule has 0 aliphatic carbocycles. The van der Waals surface area contributed by atoms with E-state index < -0.39 is 5.82 Å². The van der Waals surface area contributed by atoms with E-state index in [9.17, 15) is 14.3 Å². The van der Waals surface area contributed by atoms with Crippen LogP contribution in [0.5, 0.6) is 5.75 Å². The Balaban J connectivity index is 2.20. The van der Waals surface area contributed by atoms with Crippen molar-refractivity contribution in [2.75, 3.05) is 6.54 Å². The van der Waals surface area contributed by atoms with E-state index in [0.717, 1.165) is 18.9 Å². The fourth-order valence-corrected chi connectivity index (χ4v) is 2.35. The summed E-state index contributed by atoms with van der Waals surface area (Å²) in [7, 11) is 0. The van der Waals surface area contributed by atoms with Crippen LogP contribution in [-0.2, 0) is 0 Å². The van der Waals surface area contributed by atoms with E-state index in [2.05, 4.69) is 0 Å². The molecule has 0 aromatic heterocycles. The molecule has 1 aliphatic rings. The van der Waals surface area contributed by atoms with Gasteiger partial charge < -0.3 is 15.7 Å². The van der Waals surface area contributed by atoms with Crippen molar-refractivity contribution >= 4 is 5.91 Å². The first kappa shape index (κ1) is 12.8. The molecule has 1 saturated heterocycles. The van der Waals surface area contributed by atoms with E-state index in [-0.39, 0.29) is 29.3 Å². The second-order valence-corrected chi connectivity index (χ2v) is 4.79. The van der Waals surface area contributed by atoms with E-state index in [0.29, 0.717) is 6.54 Å². The second kappa shape index (κ2) is 4.94. The number of phenols is 1. The van der Waals surface area contributed by atoms with Crippen molar-refractivity contribution in [3.8, 4) is 5.75 Å². The predicted octanol–water partition coefficient (Wildman–Crippen LogP) is 1.48. The Hall–Kier alpha value is -1.62. The van der Waals surface area contributed by atoms with E-state index in [1.807, 2.05) is 6.92 Å². The number of likely N-dealkylation sites (tertiary alicyclic amines) is 1. The van der Waals surface area contributed by atoms with Crippen molar-refractivity contribution < 1.29 is 14.3 Å². The van der Waals surface area contributed by atoms with Gasteiger partial charge in [0.15, 0.2) is 0 Å². The number of carbonyl (C=O) groups excluding carboxylic acids is 1. The van der Waals surface area contributed by atoms with Gasteiger partial charge in [-0.15, -0.1) is 0 Å². The third-order valence-electron chi connectivity index (χ3n) is 3.37. The zero-order chi connectivity index (χ0) is 13.3. The van der Waals surface area contributed by atoms with Crippen molar-refractivity contribution in [1.29, 1.82) is 0 Å². The van der Waals surface area contributed by atoms with Gasteiger partial charge in [0.1, 0.15) is 11.6 Å². The molecule has 98 valence electrons. The molecule has 1 aromatic rings. The summed E-state index contributed by atoms with van der Waals surface area (Å²) in [5, 5.41) is 9.62. The lowest BCUT2D eigenvalue weighted by Gasteiger charge is -2.36. The molecule has 2 unspecified atom stereocenters. The first-order valence-electron chi connectivity index (χ1n) is 6.04. The lowest BCUT2D eigenvalue weighted by atomic mass is 9.98. The van der Waals surface area contributed by atoms with Crippen LogP contribution in [-0.4, -0.2) is 34.5 Å². The number of halogens is 1. The Morgan fingerprint density at radius 2 is 2.28 bits per heavy atom. The maximum atomic E-state index is 12.9. The summed E-state index contributed by atoms with van der Waals surface area (Å²) in [6.07, 6.45) is 1.49. The summed E-state index contributed by atoms with van der Waals surface area (Å²) in [6, 6.07) is 3.59. The van der Waals surface area contributed by atoms with Gasteiger partial charge in [-0.3, -0.25) is 4.79 Å². The van der Waals surface area contributed by atoms with Gasteiger partial charge in [0.2, 0.25) is 0 Å². The third-order valence-corrected chi connectivity index (χ3v) is 3.37. The van der Waals surface area contributed by atoms with Crippen LogP contribution in [0.1, 0.15) is 30.1 Å². The molecule has 1 fully saturated rings. The van der Waals surface area contributed by atoms with Crippen molar-refractivity contribution in [3.05, 3.63) is 29.6 Å². The molecule has 1 aliphatic heterocycles. The van der Waals surface area contributed by atoms with Gasteiger partial charge in [-0.1, -0.05) is 0 Å². The van der Waals surface area contributed by atoms with Gasteiger partial charge in [-0.25, -0.2) is 4.39 Å². The van der Waals surface area contributed by atoms with Crippen LogP contribution in [0.3, 0.4) is 0 Å². The fraction of sp³-hybridized carbons (Fsp3) is 0.462. The summed E-state index contributed by atoms with van der Waals surface area (Å²) in [5.41, 5.74) is 5.98. The van der Waals surface area contributed by atoms with E-state index in [1.165, 1.54) is 12.1 Å². The van der Waals surface area contributed by atoms with Crippen LogP contribution >= 0.6 is 0 Å². The number of nitrogens with two attached hydrogens (primary N) is 1. The van der Waals surface area contributed by atoms with Crippen molar-refractivity contribution in [2.45, 2.75) is 31.8 Å². The quantitative estimate of drug-likeness (QED) is 0.795. The summed E-state index contributed by atoms with van der Waals surface area (Å²) < 4.78 is 12.9. The monoisotopic (exact) mass is 252 g/mol. The average molecular weight is 252 g/mol. The van der Waals surface area contributed by atoms with Gasteiger partial charge in [0.05, 0.1) is 5.56 Å². The highest BCUT2D eigenvalue weighted by Crippen LogP contribution is 2.24. The molecule has 1 heterocycles. The molecule has 2 rings (SSSR count). The number of piperidine rings is 1. The number of benzene rings is 1. The van der Waals surface area contributed by atoms with E-state index in [4.69, 9.17) is 5.73 Å². The fourth-order valence-electron chi connectivity index (χ4n) is 2.35. The van der Waals surface area contributed by atoms with E-state index in [1.54, 1.807) is 4.90 Å². The summed E-state index contributed by atoms with van der Waals surface area (Å²) in [6.45, 7) is 2.50. The van der Waals surface area contributed by atoms with Crippen molar-refractivity contribution in [1.82, 2.24) is 4.90 Å². The number of hydrogen-bond acceptors (Lipinski definition) is 3. The SMILES string of the molecule is CC1CC(N)CCN1C(=O)c1ccc(F)cc1O. The molecule has 0 bridgehead atoms. The van der Waals surface area contributed by atoms with Crippen LogP contribution in [0.25, 0.3) is 0 Å². The highest BCUT2D eigenvalue weighted by Gasteiger charge is 2.28. The Bertz CT molecular complexity index is 464. The number of rotatable bonds is 1. The molecule has 18 heavy (non-hydrogen) atoms. The second-order valence-electron chi connectivity index (χ2n) is 4.79. The van der Waals surface area contributed by atoms with Gasteiger partial charge in [0, 0.05) is 24.7 Å². The number of aromatic hydroxyl groups is 1. The Morgan fingerprint density at radius 3 is 2.89 bits per heavy atom. The molecule has 3 N–H and O–H groups in total. The predicted molar refractivity (Wildman–Crippen MR) is 65.8 cm³/mol. The molecule has 0 radical (unpaired) electrons. The molecule has 0 saturated carbocycles. The largest absolute Gasteiger partial charge is 0.507 e. The first-order chi connectivity index (χ1) is 8.49. The lowest BCUT2D eigenvalue weighted by Crippen LogP contribution is -2.48. The molecule has 2 atom stereocenters. The highest BCUT2D eigenvalue weighted by atomic mass is 19.1. The Labute approximate surface area is 105 Å².